The van der Waals surface area contributed by atoms with E-state index < -0.39 is 0 Å². The predicted octanol–water partition coefficient (Wildman–Crippen LogP) is 4.92. The molecule has 0 spiro atoms. The van der Waals surface area contributed by atoms with E-state index in [-0.39, 0.29) is 6.61 Å². The zero-order valence-electron chi connectivity index (χ0n) is 10.9. The minimum atomic E-state index is -0.160. The smallest absolute Gasteiger partial charge is 0.173 e. The van der Waals surface area contributed by atoms with Crippen molar-refractivity contribution in [3.63, 3.8) is 0 Å². The average Bonchev–Trinajstić information content (AvgIpc) is 2.91. The van der Waals surface area contributed by atoms with Gasteiger partial charge in [-0.25, -0.2) is 0 Å². The molecule has 0 aliphatic carbocycles. The van der Waals surface area contributed by atoms with Crippen LogP contribution in [0.25, 0.3) is 22.6 Å². The van der Waals surface area contributed by atoms with E-state index in [4.69, 9.17) is 16.1 Å². The third kappa shape index (κ3) is 2.88. The van der Waals surface area contributed by atoms with Gasteiger partial charge in [0.15, 0.2) is 5.76 Å². The van der Waals surface area contributed by atoms with Gasteiger partial charge >= 0.3 is 0 Å². The van der Waals surface area contributed by atoms with E-state index in [0.29, 0.717) is 22.0 Å². The van der Waals surface area contributed by atoms with Crippen molar-refractivity contribution in [3.05, 3.63) is 63.6 Å². The molecule has 1 N–H and O–H groups in total. The highest BCUT2D eigenvalue weighted by molar-refractivity contribution is 9.10. The summed E-state index contributed by atoms with van der Waals surface area (Å²) in [6.45, 7) is -0.160. The van der Waals surface area contributed by atoms with Gasteiger partial charge in [0.25, 0.3) is 0 Å². The van der Waals surface area contributed by atoms with E-state index in [1.807, 2.05) is 36.4 Å². The van der Waals surface area contributed by atoms with Gasteiger partial charge < -0.3 is 9.63 Å². The first kappa shape index (κ1) is 14.3. The van der Waals surface area contributed by atoms with Gasteiger partial charge in [-0.2, -0.15) is 0 Å². The number of hydrogen-bond acceptors (Lipinski definition) is 3. The van der Waals surface area contributed by atoms with Gasteiger partial charge in [0.1, 0.15) is 5.69 Å². The van der Waals surface area contributed by atoms with Crippen molar-refractivity contribution in [2.75, 3.05) is 0 Å². The zero-order chi connectivity index (χ0) is 14.8. The summed E-state index contributed by atoms with van der Waals surface area (Å²) in [4.78, 5) is 0. The first-order chi connectivity index (χ1) is 10.2. The van der Waals surface area contributed by atoms with E-state index in [1.54, 1.807) is 12.1 Å². The largest absolute Gasteiger partial charge is 0.391 e. The Morgan fingerprint density at radius 2 is 1.86 bits per heavy atom. The maximum atomic E-state index is 9.70. The van der Waals surface area contributed by atoms with E-state index in [1.165, 1.54) is 0 Å². The standard InChI is InChI=1S/C16H11BrClNO2/c17-12-5-1-4-11(7-12)16-14(9-20)15(19-21-16)10-3-2-6-13(18)8-10/h1-8,20H,9H2. The molecule has 0 atom stereocenters. The van der Waals surface area contributed by atoms with Crippen molar-refractivity contribution < 1.29 is 9.63 Å². The molecule has 21 heavy (non-hydrogen) atoms. The van der Waals surface area contributed by atoms with Crippen molar-refractivity contribution in [2.24, 2.45) is 0 Å². The summed E-state index contributed by atoms with van der Waals surface area (Å²) in [6.07, 6.45) is 0. The van der Waals surface area contributed by atoms with Gasteiger partial charge in [0.05, 0.1) is 12.2 Å². The number of halogens is 2. The monoisotopic (exact) mass is 363 g/mol. The summed E-state index contributed by atoms with van der Waals surface area (Å²) < 4.78 is 6.38. The fourth-order valence-electron chi connectivity index (χ4n) is 2.18. The minimum absolute atomic E-state index is 0.160. The quantitative estimate of drug-likeness (QED) is 0.718. The van der Waals surface area contributed by atoms with Crippen LogP contribution in [-0.2, 0) is 6.61 Å². The molecule has 1 aromatic heterocycles. The Labute approximate surface area is 135 Å². The van der Waals surface area contributed by atoms with Gasteiger partial charge in [-0.3, -0.25) is 0 Å². The van der Waals surface area contributed by atoms with E-state index >= 15 is 0 Å². The number of aliphatic hydroxyl groups excluding tert-OH is 1. The van der Waals surface area contributed by atoms with Gasteiger partial charge in [0, 0.05) is 20.6 Å². The van der Waals surface area contributed by atoms with Crippen LogP contribution in [0.3, 0.4) is 0 Å². The summed E-state index contributed by atoms with van der Waals surface area (Å²) in [5, 5.41) is 14.4. The van der Waals surface area contributed by atoms with Crippen LogP contribution >= 0.6 is 27.5 Å². The Bertz CT molecular complexity index is 722. The number of nitrogens with zero attached hydrogens (tertiary/aromatic N) is 1. The molecule has 0 bridgehead atoms. The highest BCUT2D eigenvalue weighted by Crippen LogP contribution is 2.34. The molecule has 2 aromatic carbocycles. The van der Waals surface area contributed by atoms with Crippen LogP contribution in [0.15, 0.2) is 57.5 Å². The Kier molecular flexibility index (Phi) is 4.10. The summed E-state index contributed by atoms with van der Waals surface area (Å²) in [5.41, 5.74) is 2.93. The maximum absolute atomic E-state index is 9.70. The Balaban J connectivity index is 2.13. The number of rotatable bonds is 3. The maximum Gasteiger partial charge on any atom is 0.173 e. The molecule has 3 nitrogen and oxygen atoms in total. The zero-order valence-corrected chi connectivity index (χ0v) is 13.2. The topological polar surface area (TPSA) is 46.3 Å². The Morgan fingerprint density at radius 1 is 1.10 bits per heavy atom. The van der Waals surface area contributed by atoms with Crippen molar-refractivity contribution >= 4 is 27.5 Å². The molecule has 0 saturated carbocycles. The molecule has 3 aromatic rings. The van der Waals surface area contributed by atoms with Gasteiger partial charge in [-0.05, 0) is 24.3 Å². The lowest BCUT2D eigenvalue weighted by molar-refractivity contribution is 0.281. The van der Waals surface area contributed by atoms with Crippen molar-refractivity contribution in [1.29, 1.82) is 0 Å². The van der Waals surface area contributed by atoms with Gasteiger partial charge in [-0.1, -0.05) is 57.0 Å². The third-order valence-electron chi connectivity index (χ3n) is 3.13. The van der Waals surface area contributed by atoms with Crippen LogP contribution in [0.4, 0.5) is 0 Å². The lowest BCUT2D eigenvalue weighted by atomic mass is 10.0. The minimum Gasteiger partial charge on any atom is -0.391 e. The third-order valence-corrected chi connectivity index (χ3v) is 3.86. The SMILES string of the molecule is OCc1c(-c2cccc(Cl)c2)noc1-c1cccc(Br)c1. The van der Waals surface area contributed by atoms with Crippen molar-refractivity contribution in [2.45, 2.75) is 6.61 Å². The number of aliphatic hydroxyl groups is 1. The fourth-order valence-corrected chi connectivity index (χ4v) is 2.76. The molecule has 3 rings (SSSR count). The second kappa shape index (κ2) is 6.02. The Morgan fingerprint density at radius 3 is 2.57 bits per heavy atom. The molecule has 0 saturated heterocycles. The highest BCUT2D eigenvalue weighted by Gasteiger charge is 2.18. The molecule has 0 amide bonds. The van der Waals surface area contributed by atoms with E-state index in [0.717, 1.165) is 15.6 Å². The van der Waals surface area contributed by atoms with Crippen molar-refractivity contribution in [1.82, 2.24) is 5.16 Å². The summed E-state index contributed by atoms with van der Waals surface area (Å²) >= 11 is 9.43. The summed E-state index contributed by atoms with van der Waals surface area (Å²) in [5.74, 6) is 0.564. The molecule has 1 heterocycles. The van der Waals surface area contributed by atoms with Crippen LogP contribution in [0.1, 0.15) is 5.56 Å². The van der Waals surface area contributed by atoms with Crippen LogP contribution in [-0.4, -0.2) is 10.3 Å². The second-order valence-electron chi connectivity index (χ2n) is 4.52. The first-order valence-electron chi connectivity index (χ1n) is 6.30. The van der Waals surface area contributed by atoms with E-state index in [2.05, 4.69) is 21.1 Å². The molecule has 106 valence electrons. The molecule has 0 radical (unpaired) electrons. The van der Waals surface area contributed by atoms with Crippen LogP contribution in [0, 0.1) is 0 Å². The summed E-state index contributed by atoms with van der Waals surface area (Å²) in [7, 11) is 0. The normalized spacial score (nSPS) is 10.8. The average molecular weight is 365 g/mol. The van der Waals surface area contributed by atoms with Crippen molar-refractivity contribution in [3.8, 4) is 22.6 Å². The predicted molar refractivity (Wildman–Crippen MR) is 86.0 cm³/mol. The molecule has 5 heteroatoms. The molecule has 0 fully saturated rings. The number of hydrogen-bond donors (Lipinski definition) is 1. The van der Waals surface area contributed by atoms with Gasteiger partial charge in [-0.15, -0.1) is 0 Å². The van der Waals surface area contributed by atoms with Gasteiger partial charge in [0.2, 0.25) is 0 Å². The lowest BCUT2D eigenvalue weighted by Gasteiger charge is -2.02. The van der Waals surface area contributed by atoms with E-state index in [9.17, 15) is 5.11 Å². The van der Waals surface area contributed by atoms with Crippen LogP contribution in [0.5, 0.6) is 0 Å². The first-order valence-corrected chi connectivity index (χ1v) is 7.47. The fraction of sp³-hybridized carbons (Fsp3) is 0.0625. The number of benzene rings is 2. The van der Waals surface area contributed by atoms with Crippen LogP contribution in [0.2, 0.25) is 5.02 Å². The second-order valence-corrected chi connectivity index (χ2v) is 5.87. The number of aromatic nitrogens is 1. The van der Waals surface area contributed by atoms with Crippen LogP contribution < -0.4 is 0 Å². The lowest BCUT2D eigenvalue weighted by Crippen LogP contribution is -1.89. The summed E-state index contributed by atoms with van der Waals surface area (Å²) in [6, 6.07) is 15.0. The Hall–Kier alpha value is -1.62. The molecule has 0 aliphatic heterocycles. The molecule has 0 aliphatic rings. The molecule has 0 unspecified atom stereocenters. The molecular weight excluding hydrogens is 354 g/mol. The molecular formula is C16H11BrClNO2. The highest BCUT2D eigenvalue weighted by atomic mass is 79.9.